The third-order valence-electron chi connectivity index (χ3n) is 3.96. The van der Waals surface area contributed by atoms with Crippen LogP contribution in [0.4, 0.5) is 0 Å². The van der Waals surface area contributed by atoms with E-state index in [0.29, 0.717) is 0 Å². The van der Waals surface area contributed by atoms with E-state index in [-0.39, 0.29) is 18.0 Å². The lowest BCUT2D eigenvalue weighted by molar-refractivity contribution is -0.124. The molecule has 2 aromatic heterocycles. The molecule has 0 spiro atoms. The van der Waals surface area contributed by atoms with Gasteiger partial charge < -0.3 is 10.6 Å². The topological polar surface area (TPSA) is 71.3 Å². The third-order valence-corrected chi connectivity index (χ3v) is 3.96. The fraction of sp³-hybridized carbons (Fsp3) is 0.533. The van der Waals surface area contributed by atoms with Crippen molar-refractivity contribution in [3.05, 3.63) is 30.2 Å². The number of aromatic nitrogens is 3. The number of hydrogen-bond donors (Lipinski definition) is 2. The predicted molar refractivity (Wildman–Crippen MR) is 79.8 cm³/mol. The molecule has 1 aliphatic rings. The molecule has 2 unspecified atom stereocenters. The first-order valence-corrected chi connectivity index (χ1v) is 7.59. The Morgan fingerprint density at radius 3 is 3.19 bits per heavy atom. The second kappa shape index (κ2) is 6.22. The maximum absolute atomic E-state index is 12.4. The molecule has 2 N–H and O–H groups in total. The van der Waals surface area contributed by atoms with Crippen LogP contribution in [-0.4, -0.2) is 33.1 Å². The number of hydrogen-bond acceptors (Lipinski definition) is 4. The minimum Gasteiger partial charge on any atom is -0.345 e. The Kier molecular flexibility index (Phi) is 4.15. The smallest absolute Gasteiger partial charge is 0.237 e. The molecule has 2 atom stereocenters. The van der Waals surface area contributed by atoms with E-state index in [1.54, 1.807) is 0 Å². The van der Waals surface area contributed by atoms with Crippen molar-refractivity contribution < 1.29 is 4.79 Å². The van der Waals surface area contributed by atoms with Crippen LogP contribution >= 0.6 is 0 Å². The van der Waals surface area contributed by atoms with Crippen molar-refractivity contribution in [1.29, 1.82) is 0 Å². The van der Waals surface area contributed by atoms with Crippen LogP contribution in [0.25, 0.3) is 5.65 Å². The summed E-state index contributed by atoms with van der Waals surface area (Å²) in [5, 5.41) is 14.7. The molecule has 0 aromatic carbocycles. The molecule has 0 aliphatic carbocycles. The highest BCUT2D eigenvalue weighted by atomic mass is 16.2. The SMILES string of the molecule is CC(NC(=O)C1CCCCCN1)c1nnc2ccccn12. The lowest BCUT2D eigenvalue weighted by Gasteiger charge is -2.19. The Bertz CT molecular complexity index is 615. The van der Waals surface area contributed by atoms with E-state index in [9.17, 15) is 4.79 Å². The van der Waals surface area contributed by atoms with Crippen LogP contribution in [0, 0.1) is 0 Å². The Labute approximate surface area is 123 Å². The van der Waals surface area contributed by atoms with Crippen LogP contribution in [0.5, 0.6) is 0 Å². The number of rotatable bonds is 3. The first-order chi connectivity index (χ1) is 10.3. The van der Waals surface area contributed by atoms with Gasteiger partial charge in [-0.15, -0.1) is 10.2 Å². The van der Waals surface area contributed by atoms with Gasteiger partial charge in [0, 0.05) is 6.20 Å². The van der Waals surface area contributed by atoms with Gasteiger partial charge in [0.25, 0.3) is 0 Å². The summed E-state index contributed by atoms with van der Waals surface area (Å²) < 4.78 is 1.91. The molecule has 1 saturated heterocycles. The molecule has 0 saturated carbocycles. The van der Waals surface area contributed by atoms with Crippen LogP contribution in [-0.2, 0) is 4.79 Å². The molecule has 0 bridgehead atoms. The molecule has 6 nitrogen and oxygen atoms in total. The average molecular weight is 287 g/mol. The molecular weight excluding hydrogens is 266 g/mol. The second-order valence-electron chi connectivity index (χ2n) is 5.57. The normalized spacial score (nSPS) is 20.9. The maximum Gasteiger partial charge on any atom is 0.237 e. The molecule has 1 amide bonds. The molecule has 0 radical (unpaired) electrons. The monoisotopic (exact) mass is 287 g/mol. The number of nitrogens with one attached hydrogen (secondary N) is 2. The van der Waals surface area contributed by atoms with Crippen LogP contribution in [0.1, 0.15) is 44.5 Å². The molecule has 1 aliphatic heterocycles. The molecule has 3 heterocycles. The zero-order chi connectivity index (χ0) is 14.7. The van der Waals surface area contributed by atoms with Gasteiger partial charge in [-0.1, -0.05) is 18.9 Å². The molecule has 112 valence electrons. The van der Waals surface area contributed by atoms with E-state index in [4.69, 9.17) is 0 Å². The minimum absolute atomic E-state index is 0.0529. The van der Waals surface area contributed by atoms with Crippen molar-refractivity contribution in [2.75, 3.05) is 6.54 Å². The van der Waals surface area contributed by atoms with Gasteiger partial charge in [-0.05, 0) is 38.4 Å². The second-order valence-corrected chi connectivity index (χ2v) is 5.57. The van der Waals surface area contributed by atoms with E-state index in [1.165, 1.54) is 6.42 Å². The number of carbonyl (C=O) groups is 1. The first kappa shape index (κ1) is 14.0. The average Bonchev–Trinajstić information content (AvgIpc) is 2.73. The predicted octanol–water partition coefficient (Wildman–Crippen LogP) is 1.44. The highest BCUT2D eigenvalue weighted by molar-refractivity contribution is 5.82. The molecule has 21 heavy (non-hydrogen) atoms. The summed E-state index contributed by atoms with van der Waals surface area (Å²) in [4.78, 5) is 12.4. The first-order valence-electron chi connectivity index (χ1n) is 7.59. The molecule has 2 aromatic rings. The molecule has 3 rings (SSSR count). The fourth-order valence-electron chi connectivity index (χ4n) is 2.79. The molecule has 1 fully saturated rings. The van der Waals surface area contributed by atoms with Gasteiger partial charge in [0.2, 0.25) is 5.91 Å². The van der Waals surface area contributed by atoms with Gasteiger partial charge in [-0.3, -0.25) is 9.20 Å². The Morgan fingerprint density at radius 1 is 1.38 bits per heavy atom. The standard InChI is InChI=1S/C15H21N5O/c1-11(14-19-18-13-8-4-6-10-20(13)14)17-15(21)12-7-3-2-5-9-16-12/h4,6,8,10-12,16H,2-3,5,7,9H2,1H3,(H,17,21). The number of carbonyl (C=O) groups excluding carboxylic acids is 1. The van der Waals surface area contributed by atoms with Crippen molar-refractivity contribution in [2.24, 2.45) is 0 Å². The fourth-order valence-corrected chi connectivity index (χ4v) is 2.79. The largest absolute Gasteiger partial charge is 0.345 e. The summed E-state index contributed by atoms with van der Waals surface area (Å²) in [5.41, 5.74) is 0.793. The van der Waals surface area contributed by atoms with Gasteiger partial charge in [-0.2, -0.15) is 0 Å². The Morgan fingerprint density at radius 2 is 2.29 bits per heavy atom. The van der Waals surface area contributed by atoms with E-state index in [0.717, 1.165) is 37.3 Å². The third kappa shape index (κ3) is 3.05. The van der Waals surface area contributed by atoms with Crippen LogP contribution in [0.3, 0.4) is 0 Å². The van der Waals surface area contributed by atoms with E-state index >= 15 is 0 Å². The quantitative estimate of drug-likeness (QED) is 0.896. The lowest BCUT2D eigenvalue weighted by atomic mass is 10.1. The van der Waals surface area contributed by atoms with Gasteiger partial charge in [0.1, 0.15) is 0 Å². The highest BCUT2D eigenvalue weighted by Crippen LogP contribution is 2.13. The van der Waals surface area contributed by atoms with Gasteiger partial charge in [-0.25, -0.2) is 0 Å². The number of nitrogens with zero attached hydrogens (tertiary/aromatic N) is 3. The van der Waals surface area contributed by atoms with E-state index < -0.39 is 0 Å². The number of pyridine rings is 1. The summed E-state index contributed by atoms with van der Waals surface area (Å²) >= 11 is 0. The zero-order valence-corrected chi connectivity index (χ0v) is 12.2. The van der Waals surface area contributed by atoms with E-state index in [2.05, 4.69) is 20.8 Å². The molecule has 6 heteroatoms. The van der Waals surface area contributed by atoms with Crippen molar-refractivity contribution in [1.82, 2.24) is 25.2 Å². The van der Waals surface area contributed by atoms with Gasteiger partial charge in [0.15, 0.2) is 11.5 Å². The molecular formula is C15H21N5O. The number of fused-ring (bicyclic) bond motifs is 1. The Hall–Kier alpha value is -1.95. The lowest BCUT2D eigenvalue weighted by Crippen LogP contribution is -2.44. The summed E-state index contributed by atoms with van der Waals surface area (Å²) in [6.45, 7) is 2.86. The maximum atomic E-state index is 12.4. The van der Waals surface area contributed by atoms with Crippen molar-refractivity contribution in [3.8, 4) is 0 Å². The summed E-state index contributed by atoms with van der Waals surface area (Å²) in [6.07, 6.45) is 6.26. The van der Waals surface area contributed by atoms with Crippen molar-refractivity contribution in [3.63, 3.8) is 0 Å². The summed E-state index contributed by atoms with van der Waals surface area (Å²) in [5.74, 6) is 0.810. The number of amides is 1. The minimum atomic E-state index is -0.167. The van der Waals surface area contributed by atoms with Crippen LogP contribution < -0.4 is 10.6 Å². The van der Waals surface area contributed by atoms with E-state index in [1.807, 2.05) is 35.7 Å². The Balaban J connectivity index is 1.70. The highest BCUT2D eigenvalue weighted by Gasteiger charge is 2.23. The summed E-state index contributed by atoms with van der Waals surface area (Å²) in [6, 6.07) is 5.50. The summed E-state index contributed by atoms with van der Waals surface area (Å²) in [7, 11) is 0. The van der Waals surface area contributed by atoms with Crippen LogP contribution in [0.2, 0.25) is 0 Å². The van der Waals surface area contributed by atoms with Gasteiger partial charge >= 0.3 is 0 Å². The van der Waals surface area contributed by atoms with Crippen molar-refractivity contribution in [2.45, 2.75) is 44.7 Å². The van der Waals surface area contributed by atoms with Crippen LogP contribution in [0.15, 0.2) is 24.4 Å². The van der Waals surface area contributed by atoms with Crippen molar-refractivity contribution >= 4 is 11.6 Å². The van der Waals surface area contributed by atoms with Gasteiger partial charge in [0.05, 0.1) is 12.1 Å². The zero-order valence-electron chi connectivity index (χ0n) is 12.2.